The maximum Gasteiger partial charge on any atom is 0.217 e. The van der Waals surface area contributed by atoms with Crippen LogP contribution in [-0.4, -0.2) is 19.0 Å². The molecule has 1 amide bonds. The van der Waals surface area contributed by atoms with Gasteiger partial charge in [-0.25, -0.2) is 0 Å². The van der Waals surface area contributed by atoms with E-state index in [-0.39, 0.29) is 5.91 Å². The van der Waals surface area contributed by atoms with E-state index in [4.69, 9.17) is 5.73 Å². The number of carbonyl (C=O) groups is 1. The molecule has 1 aromatic rings. The van der Waals surface area contributed by atoms with E-state index in [0.717, 1.165) is 31.8 Å². The van der Waals surface area contributed by atoms with Gasteiger partial charge in [0.15, 0.2) is 0 Å². The van der Waals surface area contributed by atoms with E-state index in [1.165, 1.54) is 18.5 Å². The summed E-state index contributed by atoms with van der Waals surface area (Å²) in [7, 11) is 0. The number of anilines is 1. The number of hydrogen-bond acceptors (Lipinski definition) is 2. The highest BCUT2D eigenvalue weighted by molar-refractivity contribution is 5.73. The Balaban J connectivity index is 1.73. The van der Waals surface area contributed by atoms with Crippen molar-refractivity contribution in [3.8, 4) is 0 Å². The van der Waals surface area contributed by atoms with Gasteiger partial charge in [-0.1, -0.05) is 18.2 Å². The SMILES string of the molecule is NC(=O)CCCC1CCN(c2ccccc2)CC1. The normalized spacial score (nSPS) is 16.8. The summed E-state index contributed by atoms with van der Waals surface area (Å²) in [5.74, 6) is 0.598. The van der Waals surface area contributed by atoms with Crippen LogP contribution in [0, 0.1) is 5.92 Å². The highest BCUT2D eigenvalue weighted by Crippen LogP contribution is 2.26. The molecule has 0 radical (unpaired) electrons. The first kappa shape index (κ1) is 12.9. The van der Waals surface area contributed by atoms with Crippen molar-refractivity contribution in [2.45, 2.75) is 32.1 Å². The lowest BCUT2D eigenvalue weighted by atomic mass is 9.91. The number of nitrogens with zero attached hydrogens (tertiary/aromatic N) is 1. The van der Waals surface area contributed by atoms with Gasteiger partial charge in [-0.05, 0) is 43.7 Å². The average molecular weight is 246 g/mol. The lowest BCUT2D eigenvalue weighted by Crippen LogP contribution is -2.33. The van der Waals surface area contributed by atoms with Crippen LogP contribution in [0.25, 0.3) is 0 Å². The molecular formula is C15H22N2O. The second kappa shape index (κ2) is 6.43. The molecule has 2 rings (SSSR count). The summed E-state index contributed by atoms with van der Waals surface area (Å²) in [6.45, 7) is 2.26. The molecule has 1 aromatic carbocycles. The molecule has 0 aliphatic carbocycles. The van der Waals surface area contributed by atoms with Crippen molar-refractivity contribution in [3.63, 3.8) is 0 Å². The molecule has 2 N–H and O–H groups in total. The van der Waals surface area contributed by atoms with Crippen LogP contribution < -0.4 is 10.6 Å². The first-order valence-corrected chi connectivity index (χ1v) is 6.84. The van der Waals surface area contributed by atoms with Gasteiger partial charge in [-0.2, -0.15) is 0 Å². The molecule has 3 nitrogen and oxygen atoms in total. The van der Waals surface area contributed by atoms with Crippen LogP contribution in [0.1, 0.15) is 32.1 Å². The summed E-state index contributed by atoms with van der Waals surface area (Å²) in [5, 5.41) is 0. The highest BCUT2D eigenvalue weighted by Gasteiger charge is 2.18. The van der Waals surface area contributed by atoms with Crippen LogP contribution in [0.2, 0.25) is 0 Å². The Morgan fingerprint density at radius 3 is 2.50 bits per heavy atom. The quantitative estimate of drug-likeness (QED) is 0.868. The minimum absolute atomic E-state index is 0.170. The van der Waals surface area contributed by atoms with Gasteiger partial charge in [0, 0.05) is 25.2 Å². The highest BCUT2D eigenvalue weighted by atomic mass is 16.1. The summed E-state index contributed by atoms with van der Waals surface area (Å²) in [6.07, 6.45) is 5.09. The van der Waals surface area contributed by atoms with Crippen LogP contribution in [0.5, 0.6) is 0 Å². The number of benzene rings is 1. The Morgan fingerprint density at radius 1 is 1.22 bits per heavy atom. The van der Waals surface area contributed by atoms with Crippen molar-refractivity contribution in [2.75, 3.05) is 18.0 Å². The van der Waals surface area contributed by atoms with Gasteiger partial charge in [-0.15, -0.1) is 0 Å². The van der Waals surface area contributed by atoms with Crippen molar-refractivity contribution >= 4 is 11.6 Å². The first-order chi connectivity index (χ1) is 8.75. The molecule has 98 valence electrons. The van der Waals surface area contributed by atoms with E-state index in [0.29, 0.717) is 6.42 Å². The van der Waals surface area contributed by atoms with Gasteiger partial charge >= 0.3 is 0 Å². The molecule has 3 heteroatoms. The van der Waals surface area contributed by atoms with Crippen LogP contribution in [0.4, 0.5) is 5.69 Å². The van der Waals surface area contributed by atoms with E-state index in [9.17, 15) is 4.79 Å². The number of piperidine rings is 1. The monoisotopic (exact) mass is 246 g/mol. The Hall–Kier alpha value is -1.51. The van der Waals surface area contributed by atoms with E-state index in [1.807, 2.05) is 0 Å². The molecule has 1 fully saturated rings. The van der Waals surface area contributed by atoms with Crippen molar-refractivity contribution in [1.82, 2.24) is 0 Å². The zero-order valence-electron chi connectivity index (χ0n) is 10.8. The lowest BCUT2D eigenvalue weighted by Gasteiger charge is -2.33. The molecule has 0 unspecified atom stereocenters. The fourth-order valence-corrected chi connectivity index (χ4v) is 2.68. The Morgan fingerprint density at radius 2 is 1.89 bits per heavy atom. The van der Waals surface area contributed by atoms with Crippen LogP contribution in [0.3, 0.4) is 0 Å². The molecule has 18 heavy (non-hydrogen) atoms. The molecule has 0 bridgehead atoms. The molecule has 1 saturated heterocycles. The zero-order chi connectivity index (χ0) is 12.8. The number of amides is 1. The summed E-state index contributed by atoms with van der Waals surface area (Å²) in [6, 6.07) is 10.6. The summed E-state index contributed by atoms with van der Waals surface area (Å²) in [5.41, 5.74) is 6.49. The average Bonchev–Trinajstić information content (AvgIpc) is 2.40. The fourth-order valence-electron chi connectivity index (χ4n) is 2.68. The van der Waals surface area contributed by atoms with Crippen molar-refractivity contribution in [2.24, 2.45) is 11.7 Å². The van der Waals surface area contributed by atoms with Crippen molar-refractivity contribution in [3.05, 3.63) is 30.3 Å². The van der Waals surface area contributed by atoms with Gasteiger partial charge in [0.1, 0.15) is 0 Å². The molecule has 0 aromatic heterocycles. The molecular weight excluding hydrogens is 224 g/mol. The standard InChI is InChI=1S/C15H22N2O/c16-15(18)8-4-5-13-9-11-17(12-10-13)14-6-2-1-3-7-14/h1-3,6-7,13H,4-5,8-12H2,(H2,16,18). The smallest absolute Gasteiger partial charge is 0.217 e. The van der Waals surface area contributed by atoms with E-state index in [2.05, 4.69) is 35.2 Å². The third kappa shape index (κ3) is 3.76. The van der Waals surface area contributed by atoms with Crippen molar-refractivity contribution < 1.29 is 4.79 Å². The van der Waals surface area contributed by atoms with E-state index >= 15 is 0 Å². The van der Waals surface area contributed by atoms with E-state index < -0.39 is 0 Å². The third-order valence-electron chi connectivity index (χ3n) is 3.77. The van der Waals surface area contributed by atoms with Gasteiger partial charge in [0.05, 0.1) is 0 Å². The number of nitrogens with two attached hydrogens (primary N) is 1. The molecule has 0 saturated carbocycles. The van der Waals surface area contributed by atoms with Gasteiger partial charge in [0.25, 0.3) is 0 Å². The Bertz CT molecular complexity index is 369. The van der Waals surface area contributed by atoms with Crippen LogP contribution >= 0.6 is 0 Å². The molecule has 1 heterocycles. The Labute approximate surface area is 109 Å². The van der Waals surface area contributed by atoms with Crippen LogP contribution in [-0.2, 0) is 4.79 Å². The van der Waals surface area contributed by atoms with Gasteiger partial charge in [0.2, 0.25) is 5.91 Å². The minimum atomic E-state index is -0.170. The molecule has 0 atom stereocenters. The topological polar surface area (TPSA) is 46.3 Å². The number of hydrogen-bond donors (Lipinski definition) is 1. The zero-order valence-corrected chi connectivity index (χ0v) is 10.8. The predicted molar refractivity (Wildman–Crippen MR) is 74.4 cm³/mol. The maximum absolute atomic E-state index is 10.7. The summed E-state index contributed by atoms with van der Waals surface area (Å²) in [4.78, 5) is 13.1. The summed E-state index contributed by atoms with van der Waals surface area (Å²) >= 11 is 0. The van der Waals surface area contributed by atoms with Gasteiger partial charge in [-0.3, -0.25) is 4.79 Å². The molecule has 1 aliphatic rings. The lowest BCUT2D eigenvalue weighted by molar-refractivity contribution is -0.118. The number of primary amides is 1. The molecule has 0 spiro atoms. The first-order valence-electron chi connectivity index (χ1n) is 6.84. The number of rotatable bonds is 5. The molecule has 1 aliphatic heterocycles. The maximum atomic E-state index is 10.7. The second-order valence-electron chi connectivity index (χ2n) is 5.12. The third-order valence-corrected chi connectivity index (χ3v) is 3.77. The number of para-hydroxylation sites is 1. The minimum Gasteiger partial charge on any atom is -0.372 e. The van der Waals surface area contributed by atoms with Gasteiger partial charge < -0.3 is 10.6 Å². The number of carbonyl (C=O) groups excluding carboxylic acids is 1. The fraction of sp³-hybridized carbons (Fsp3) is 0.533. The summed E-state index contributed by atoms with van der Waals surface area (Å²) < 4.78 is 0. The largest absolute Gasteiger partial charge is 0.372 e. The van der Waals surface area contributed by atoms with Crippen molar-refractivity contribution in [1.29, 1.82) is 0 Å². The second-order valence-corrected chi connectivity index (χ2v) is 5.12. The predicted octanol–water partition coefficient (Wildman–Crippen LogP) is 2.56. The van der Waals surface area contributed by atoms with Crippen LogP contribution in [0.15, 0.2) is 30.3 Å². The Kier molecular flexibility index (Phi) is 4.62. The van der Waals surface area contributed by atoms with E-state index in [1.54, 1.807) is 0 Å².